The molecule has 2 amide bonds. The van der Waals surface area contributed by atoms with Crippen molar-refractivity contribution in [1.29, 1.82) is 0 Å². The number of benzene rings is 1. The van der Waals surface area contributed by atoms with Gasteiger partial charge in [0.1, 0.15) is 5.54 Å². The van der Waals surface area contributed by atoms with Gasteiger partial charge in [0.05, 0.1) is 0 Å². The molecule has 5 heteroatoms. The first-order valence-corrected chi connectivity index (χ1v) is 12.2. The normalized spacial score (nSPS) is 23.0. The van der Waals surface area contributed by atoms with E-state index in [1.165, 1.54) is 24.8 Å². The van der Waals surface area contributed by atoms with Crippen LogP contribution in [0.15, 0.2) is 30.3 Å². The first-order chi connectivity index (χ1) is 14.9. The van der Waals surface area contributed by atoms with Crippen molar-refractivity contribution in [2.75, 3.05) is 32.7 Å². The van der Waals surface area contributed by atoms with Gasteiger partial charge in [-0.1, -0.05) is 44.2 Å². The number of rotatable bonds is 10. The first-order valence-electron chi connectivity index (χ1n) is 12.2. The van der Waals surface area contributed by atoms with Gasteiger partial charge >= 0.3 is 0 Å². The van der Waals surface area contributed by atoms with Crippen LogP contribution in [0.5, 0.6) is 0 Å². The minimum absolute atomic E-state index is 0.0146. The lowest BCUT2D eigenvalue weighted by Gasteiger charge is -2.36. The number of carbonyl (C=O) groups is 2. The van der Waals surface area contributed by atoms with Crippen LogP contribution < -0.4 is 5.32 Å². The molecule has 1 atom stereocenters. The van der Waals surface area contributed by atoms with Gasteiger partial charge in [-0.3, -0.25) is 9.59 Å². The van der Waals surface area contributed by atoms with Gasteiger partial charge in [0.2, 0.25) is 11.8 Å². The molecule has 2 aliphatic heterocycles. The van der Waals surface area contributed by atoms with Gasteiger partial charge in [0.25, 0.3) is 0 Å². The molecule has 1 aromatic rings. The molecular formula is C26H41N3O2. The monoisotopic (exact) mass is 427 g/mol. The highest BCUT2D eigenvalue weighted by molar-refractivity contribution is 5.94. The van der Waals surface area contributed by atoms with Crippen LogP contribution in [0.25, 0.3) is 0 Å². The summed E-state index contributed by atoms with van der Waals surface area (Å²) in [7, 11) is 0. The average molecular weight is 428 g/mol. The van der Waals surface area contributed by atoms with E-state index in [2.05, 4.69) is 54.4 Å². The predicted octanol–water partition coefficient (Wildman–Crippen LogP) is 3.87. The Bertz CT molecular complexity index is 713. The second kappa shape index (κ2) is 11.1. The van der Waals surface area contributed by atoms with Gasteiger partial charge in [-0.15, -0.1) is 0 Å². The highest BCUT2D eigenvalue weighted by atomic mass is 16.2. The molecule has 31 heavy (non-hydrogen) atoms. The highest BCUT2D eigenvalue weighted by Crippen LogP contribution is 2.30. The van der Waals surface area contributed by atoms with E-state index in [1.807, 2.05) is 11.8 Å². The molecule has 1 aromatic carbocycles. The maximum atomic E-state index is 12.8. The third-order valence-electron chi connectivity index (χ3n) is 7.15. The van der Waals surface area contributed by atoms with Gasteiger partial charge in [-0.2, -0.15) is 0 Å². The SMILES string of the molecule is CC(C)CCNC(=O)C1(C)CCC(=O)N1CCCN1CCC(Cc2ccccc2)CC1. The molecule has 0 saturated carbocycles. The fourth-order valence-electron chi connectivity index (χ4n) is 4.98. The number of hydrogen-bond acceptors (Lipinski definition) is 3. The molecule has 2 saturated heterocycles. The molecule has 0 radical (unpaired) electrons. The molecule has 0 aliphatic carbocycles. The molecule has 0 spiro atoms. The van der Waals surface area contributed by atoms with Crippen molar-refractivity contribution >= 4 is 11.8 Å². The van der Waals surface area contributed by atoms with Crippen LogP contribution in [0, 0.1) is 11.8 Å². The summed E-state index contributed by atoms with van der Waals surface area (Å²) in [5.41, 5.74) is 0.760. The Balaban J connectivity index is 1.40. The summed E-state index contributed by atoms with van der Waals surface area (Å²) in [6, 6.07) is 10.8. The number of hydrogen-bond donors (Lipinski definition) is 1. The topological polar surface area (TPSA) is 52.7 Å². The molecule has 1 unspecified atom stereocenters. The second-order valence-electron chi connectivity index (χ2n) is 10.1. The highest BCUT2D eigenvalue weighted by Gasteiger charge is 2.46. The molecule has 0 aromatic heterocycles. The molecular weight excluding hydrogens is 386 g/mol. The van der Waals surface area contributed by atoms with Gasteiger partial charge in [-0.05, 0) is 82.5 Å². The van der Waals surface area contributed by atoms with Crippen molar-refractivity contribution in [2.45, 2.75) is 71.3 Å². The summed E-state index contributed by atoms with van der Waals surface area (Å²) >= 11 is 0. The Morgan fingerprint density at radius 1 is 1.16 bits per heavy atom. The van der Waals surface area contributed by atoms with Crippen molar-refractivity contribution in [3.63, 3.8) is 0 Å². The van der Waals surface area contributed by atoms with Gasteiger partial charge < -0.3 is 15.1 Å². The summed E-state index contributed by atoms with van der Waals surface area (Å²) in [6.45, 7) is 10.9. The lowest BCUT2D eigenvalue weighted by atomic mass is 9.90. The van der Waals surface area contributed by atoms with Crippen LogP contribution in [0.3, 0.4) is 0 Å². The van der Waals surface area contributed by atoms with Crippen LogP contribution in [0.4, 0.5) is 0 Å². The minimum atomic E-state index is -0.684. The van der Waals surface area contributed by atoms with E-state index < -0.39 is 5.54 Å². The quantitative estimate of drug-likeness (QED) is 0.617. The van der Waals surface area contributed by atoms with E-state index in [1.54, 1.807) is 0 Å². The minimum Gasteiger partial charge on any atom is -0.354 e. The molecule has 2 fully saturated rings. The summed E-state index contributed by atoms with van der Waals surface area (Å²) in [5.74, 6) is 1.48. The van der Waals surface area contributed by atoms with E-state index in [0.29, 0.717) is 31.8 Å². The number of carbonyl (C=O) groups excluding carboxylic acids is 2. The average Bonchev–Trinajstić information content (AvgIpc) is 3.05. The molecule has 172 valence electrons. The fraction of sp³-hybridized carbons (Fsp3) is 0.692. The van der Waals surface area contributed by atoms with Crippen LogP contribution in [0.1, 0.15) is 64.9 Å². The molecule has 2 aliphatic rings. The Labute approximate surface area is 188 Å². The Morgan fingerprint density at radius 3 is 2.55 bits per heavy atom. The molecule has 5 nitrogen and oxygen atoms in total. The molecule has 0 bridgehead atoms. The zero-order chi connectivity index (χ0) is 22.3. The predicted molar refractivity (Wildman–Crippen MR) is 126 cm³/mol. The molecule has 3 rings (SSSR count). The van der Waals surface area contributed by atoms with Crippen molar-refractivity contribution in [2.24, 2.45) is 11.8 Å². The standard InChI is InChI=1S/C26H41N3O2/c1-21(2)11-15-27-25(31)26(3)14-10-24(30)29(26)17-7-16-28-18-12-23(13-19-28)20-22-8-5-4-6-9-22/h4-6,8-9,21,23H,7,10-20H2,1-3H3,(H,27,31). The number of piperidine rings is 1. The molecule has 2 heterocycles. The summed E-state index contributed by atoms with van der Waals surface area (Å²) < 4.78 is 0. The second-order valence-corrected chi connectivity index (χ2v) is 10.1. The zero-order valence-electron chi connectivity index (χ0n) is 19.7. The van der Waals surface area contributed by atoms with Crippen LogP contribution in [0.2, 0.25) is 0 Å². The Morgan fingerprint density at radius 2 is 1.87 bits per heavy atom. The summed E-state index contributed by atoms with van der Waals surface area (Å²) in [4.78, 5) is 29.7. The lowest BCUT2D eigenvalue weighted by molar-refractivity contribution is -0.140. The fourth-order valence-corrected chi connectivity index (χ4v) is 4.98. The van der Waals surface area contributed by atoms with Crippen molar-refractivity contribution in [1.82, 2.24) is 15.1 Å². The number of nitrogens with one attached hydrogen (secondary N) is 1. The van der Waals surface area contributed by atoms with E-state index in [0.717, 1.165) is 38.4 Å². The van der Waals surface area contributed by atoms with E-state index in [-0.39, 0.29) is 11.8 Å². The zero-order valence-corrected chi connectivity index (χ0v) is 19.7. The number of likely N-dealkylation sites (tertiary alicyclic amines) is 2. The van der Waals surface area contributed by atoms with E-state index in [9.17, 15) is 9.59 Å². The third kappa shape index (κ3) is 6.55. The summed E-state index contributed by atoms with van der Waals surface area (Å²) in [5, 5.41) is 3.07. The maximum absolute atomic E-state index is 12.8. The van der Waals surface area contributed by atoms with Gasteiger partial charge in [0, 0.05) is 19.5 Å². The van der Waals surface area contributed by atoms with E-state index in [4.69, 9.17) is 0 Å². The van der Waals surface area contributed by atoms with Gasteiger partial charge in [0.15, 0.2) is 0 Å². The Kier molecular flexibility index (Phi) is 8.53. The van der Waals surface area contributed by atoms with Crippen molar-refractivity contribution in [3.8, 4) is 0 Å². The number of nitrogens with zero attached hydrogens (tertiary/aromatic N) is 2. The van der Waals surface area contributed by atoms with Crippen LogP contribution in [-0.2, 0) is 16.0 Å². The number of amides is 2. The molecule has 1 N–H and O–H groups in total. The van der Waals surface area contributed by atoms with Crippen LogP contribution >= 0.6 is 0 Å². The van der Waals surface area contributed by atoms with Crippen LogP contribution in [-0.4, -0.2) is 59.9 Å². The lowest BCUT2D eigenvalue weighted by Crippen LogP contribution is -2.55. The van der Waals surface area contributed by atoms with Crippen molar-refractivity contribution < 1.29 is 9.59 Å². The first kappa shape index (κ1) is 23.8. The largest absolute Gasteiger partial charge is 0.354 e. The maximum Gasteiger partial charge on any atom is 0.245 e. The van der Waals surface area contributed by atoms with Crippen molar-refractivity contribution in [3.05, 3.63) is 35.9 Å². The third-order valence-corrected chi connectivity index (χ3v) is 7.15. The summed E-state index contributed by atoms with van der Waals surface area (Å²) in [6.07, 6.45) is 6.69. The van der Waals surface area contributed by atoms with E-state index >= 15 is 0 Å². The Hall–Kier alpha value is -1.88. The smallest absolute Gasteiger partial charge is 0.245 e. The van der Waals surface area contributed by atoms with Gasteiger partial charge in [-0.25, -0.2) is 0 Å².